The van der Waals surface area contributed by atoms with Crippen molar-refractivity contribution in [3.63, 3.8) is 0 Å². The molecule has 3 rings (SSSR count). The SMILES string of the molecule is CC(C)c1cnn2c(C(C)C)nc(NC3CC3)nc12. The zero-order chi connectivity index (χ0) is 13.6. The lowest BCUT2D eigenvalue weighted by Crippen LogP contribution is -2.12. The van der Waals surface area contributed by atoms with E-state index in [1.54, 1.807) is 0 Å². The Bertz CT molecular complexity index is 595. The van der Waals surface area contributed by atoms with Gasteiger partial charge in [-0.2, -0.15) is 15.1 Å². The number of nitrogens with zero attached hydrogens (tertiary/aromatic N) is 4. The van der Waals surface area contributed by atoms with Crippen LogP contribution in [0.15, 0.2) is 6.20 Å². The Hall–Kier alpha value is -1.65. The molecule has 0 saturated heterocycles. The van der Waals surface area contributed by atoms with Crippen LogP contribution in [0.4, 0.5) is 5.95 Å². The molecule has 2 heterocycles. The second-order valence-corrected chi connectivity index (χ2v) is 5.97. The first kappa shape index (κ1) is 12.4. The molecule has 1 aliphatic rings. The van der Waals surface area contributed by atoms with Gasteiger partial charge in [0.25, 0.3) is 0 Å². The molecule has 0 atom stereocenters. The van der Waals surface area contributed by atoms with Gasteiger partial charge in [-0.25, -0.2) is 4.52 Å². The molecule has 0 bridgehead atoms. The Labute approximate surface area is 113 Å². The molecule has 1 N–H and O–H groups in total. The van der Waals surface area contributed by atoms with Gasteiger partial charge < -0.3 is 5.32 Å². The lowest BCUT2D eigenvalue weighted by atomic mass is 10.1. The van der Waals surface area contributed by atoms with Gasteiger partial charge in [-0.1, -0.05) is 27.7 Å². The van der Waals surface area contributed by atoms with Crippen LogP contribution in [-0.4, -0.2) is 25.6 Å². The highest BCUT2D eigenvalue weighted by Gasteiger charge is 2.24. The van der Waals surface area contributed by atoms with Crippen LogP contribution in [0.5, 0.6) is 0 Å². The molecule has 0 unspecified atom stereocenters. The van der Waals surface area contributed by atoms with E-state index in [1.165, 1.54) is 18.4 Å². The topological polar surface area (TPSA) is 55.1 Å². The standard InChI is InChI=1S/C14H21N5/c1-8(2)11-7-15-19-12(9(3)4)17-14(18-13(11)19)16-10-5-6-10/h7-10H,5-6H2,1-4H3,(H,16,18). The van der Waals surface area contributed by atoms with Gasteiger partial charge in [0.2, 0.25) is 5.95 Å². The Morgan fingerprint density at radius 2 is 1.89 bits per heavy atom. The number of anilines is 1. The first-order chi connectivity index (χ1) is 9.06. The first-order valence-corrected chi connectivity index (χ1v) is 7.08. The highest BCUT2D eigenvalue weighted by Crippen LogP contribution is 2.26. The molecular weight excluding hydrogens is 238 g/mol. The van der Waals surface area contributed by atoms with Gasteiger partial charge >= 0.3 is 0 Å². The molecule has 0 aliphatic heterocycles. The van der Waals surface area contributed by atoms with Gasteiger partial charge in [0.05, 0.1) is 6.20 Å². The minimum atomic E-state index is 0.324. The molecule has 0 radical (unpaired) electrons. The van der Waals surface area contributed by atoms with E-state index in [-0.39, 0.29) is 0 Å². The summed E-state index contributed by atoms with van der Waals surface area (Å²) in [6.45, 7) is 8.61. The number of rotatable bonds is 4. The predicted molar refractivity (Wildman–Crippen MR) is 75.6 cm³/mol. The largest absolute Gasteiger partial charge is 0.351 e. The summed E-state index contributed by atoms with van der Waals surface area (Å²) in [6.07, 6.45) is 4.37. The molecule has 1 fully saturated rings. The minimum absolute atomic E-state index is 0.324. The fraction of sp³-hybridized carbons (Fsp3) is 0.643. The van der Waals surface area contributed by atoms with Crippen LogP contribution in [-0.2, 0) is 0 Å². The molecule has 1 saturated carbocycles. The van der Waals surface area contributed by atoms with E-state index in [9.17, 15) is 0 Å². The molecule has 102 valence electrons. The van der Waals surface area contributed by atoms with E-state index in [1.807, 2.05) is 10.7 Å². The summed E-state index contributed by atoms with van der Waals surface area (Å²) >= 11 is 0. The summed E-state index contributed by atoms with van der Waals surface area (Å²) < 4.78 is 1.89. The van der Waals surface area contributed by atoms with Crippen molar-refractivity contribution in [1.29, 1.82) is 0 Å². The molecule has 2 aromatic heterocycles. The van der Waals surface area contributed by atoms with Crippen molar-refractivity contribution >= 4 is 11.6 Å². The van der Waals surface area contributed by atoms with Crippen molar-refractivity contribution < 1.29 is 0 Å². The fourth-order valence-electron chi connectivity index (χ4n) is 2.17. The number of fused-ring (bicyclic) bond motifs is 1. The third-order valence-electron chi connectivity index (χ3n) is 3.47. The van der Waals surface area contributed by atoms with Crippen LogP contribution < -0.4 is 5.32 Å². The van der Waals surface area contributed by atoms with Crippen molar-refractivity contribution in [2.45, 2.75) is 58.4 Å². The Morgan fingerprint density at radius 1 is 1.16 bits per heavy atom. The third kappa shape index (κ3) is 2.29. The van der Waals surface area contributed by atoms with Crippen molar-refractivity contribution in [2.75, 3.05) is 5.32 Å². The van der Waals surface area contributed by atoms with Crippen LogP contribution in [0.25, 0.3) is 5.65 Å². The van der Waals surface area contributed by atoms with Crippen molar-refractivity contribution in [3.05, 3.63) is 17.6 Å². The molecule has 5 nitrogen and oxygen atoms in total. The van der Waals surface area contributed by atoms with E-state index >= 15 is 0 Å². The molecule has 2 aromatic rings. The summed E-state index contributed by atoms with van der Waals surface area (Å²) in [5.74, 6) is 2.47. The van der Waals surface area contributed by atoms with Crippen molar-refractivity contribution in [2.24, 2.45) is 0 Å². The summed E-state index contributed by atoms with van der Waals surface area (Å²) in [5, 5.41) is 7.86. The average molecular weight is 259 g/mol. The third-order valence-corrected chi connectivity index (χ3v) is 3.47. The first-order valence-electron chi connectivity index (χ1n) is 7.08. The Balaban J connectivity index is 2.14. The van der Waals surface area contributed by atoms with Crippen LogP contribution >= 0.6 is 0 Å². The Morgan fingerprint density at radius 3 is 2.47 bits per heavy atom. The van der Waals surface area contributed by atoms with Gasteiger partial charge in [0, 0.05) is 17.5 Å². The molecule has 19 heavy (non-hydrogen) atoms. The summed E-state index contributed by atoms with van der Waals surface area (Å²) in [5.41, 5.74) is 2.12. The number of nitrogens with one attached hydrogen (secondary N) is 1. The van der Waals surface area contributed by atoms with Crippen molar-refractivity contribution in [3.8, 4) is 0 Å². The van der Waals surface area contributed by atoms with Crippen molar-refractivity contribution in [1.82, 2.24) is 19.6 Å². The van der Waals surface area contributed by atoms with Gasteiger partial charge in [-0.3, -0.25) is 0 Å². The minimum Gasteiger partial charge on any atom is -0.351 e. The quantitative estimate of drug-likeness (QED) is 0.917. The zero-order valence-electron chi connectivity index (χ0n) is 12.0. The second-order valence-electron chi connectivity index (χ2n) is 5.97. The lowest BCUT2D eigenvalue weighted by Gasteiger charge is -2.11. The maximum Gasteiger partial charge on any atom is 0.226 e. The predicted octanol–water partition coefficient (Wildman–Crippen LogP) is 2.95. The van der Waals surface area contributed by atoms with E-state index in [0.29, 0.717) is 17.9 Å². The van der Waals surface area contributed by atoms with Crippen LogP contribution in [0.3, 0.4) is 0 Å². The van der Waals surface area contributed by atoms with E-state index < -0.39 is 0 Å². The molecule has 1 aliphatic carbocycles. The number of aromatic nitrogens is 4. The van der Waals surface area contributed by atoms with Gasteiger partial charge in [-0.05, 0) is 18.8 Å². The maximum absolute atomic E-state index is 4.66. The van der Waals surface area contributed by atoms with Gasteiger partial charge in [0.15, 0.2) is 5.65 Å². The zero-order valence-corrected chi connectivity index (χ0v) is 12.0. The maximum atomic E-state index is 4.66. The smallest absolute Gasteiger partial charge is 0.226 e. The molecule has 5 heteroatoms. The van der Waals surface area contributed by atoms with Gasteiger partial charge in [-0.15, -0.1) is 0 Å². The monoisotopic (exact) mass is 259 g/mol. The van der Waals surface area contributed by atoms with Crippen LogP contribution in [0, 0.1) is 0 Å². The Kier molecular flexibility index (Phi) is 2.92. The van der Waals surface area contributed by atoms with E-state index in [4.69, 9.17) is 0 Å². The second kappa shape index (κ2) is 4.47. The summed E-state index contributed by atoms with van der Waals surface area (Å²) in [7, 11) is 0. The number of hydrogen-bond donors (Lipinski definition) is 1. The highest BCUT2D eigenvalue weighted by molar-refractivity contribution is 5.52. The normalized spacial score (nSPS) is 15.7. The summed E-state index contributed by atoms with van der Waals surface area (Å²) in [6, 6.07) is 0.563. The number of hydrogen-bond acceptors (Lipinski definition) is 4. The summed E-state index contributed by atoms with van der Waals surface area (Å²) in [4.78, 5) is 9.29. The lowest BCUT2D eigenvalue weighted by molar-refractivity contribution is 0.702. The molecular formula is C14H21N5. The van der Waals surface area contributed by atoms with Crippen LogP contribution in [0.2, 0.25) is 0 Å². The highest BCUT2D eigenvalue weighted by atomic mass is 15.3. The molecule has 0 spiro atoms. The molecule has 0 aromatic carbocycles. The van der Waals surface area contributed by atoms with Crippen LogP contribution in [0.1, 0.15) is 63.8 Å². The van der Waals surface area contributed by atoms with E-state index in [0.717, 1.165) is 17.4 Å². The van der Waals surface area contributed by atoms with Gasteiger partial charge in [0.1, 0.15) is 5.82 Å². The van der Waals surface area contributed by atoms with E-state index in [2.05, 4.69) is 48.1 Å². The molecule has 0 amide bonds. The fourth-order valence-corrected chi connectivity index (χ4v) is 2.17. The average Bonchev–Trinajstić information content (AvgIpc) is 3.05.